The number of methoxy groups -OCH3 is 1. The molecule has 1 rings (SSSR count). The second kappa shape index (κ2) is 4.36. The Morgan fingerprint density at radius 1 is 1.64 bits per heavy atom. The highest BCUT2D eigenvalue weighted by Crippen LogP contribution is 2.16. The van der Waals surface area contributed by atoms with E-state index in [-0.39, 0.29) is 5.25 Å². The number of hydrogen-bond donors (Lipinski definition) is 1. The summed E-state index contributed by atoms with van der Waals surface area (Å²) in [7, 11) is 1.66. The summed E-state index contributed by atoms with van der Waals surface area (Å²) >= 11 is 4.31. The molecule has 1 aromatic heterocycles. The summed E-state index contributed by atoms with van der Waals surface area (Å²) in [6.07, 6.45) is 1.76. The molecule has 60 valence electrons. The fraction of sp³-hybridized carbons (Fsp3) is 0.375. The molecule has 1 aromatic rings. The number of thiol groups is 1. The third-order valence-corrected chi connectivity index (χ3v) is 1.77. The van der Waals surface area contributed by atoms with Crippen molar-refractivity contribution >= 4 is 12.6 Å². The molecule has 3 heteroatoms. The highest BCUT2D eigenvalue weighted by molar-refractivity contribution is 7.80. The number of aromatic nitrogens is 1. The van der Waals surface area contributed by atoms with Crippen molar-refractivity contribution in [3.63, 3.8) is 0 Å². The zero-order valence-corrected chi connectivity index (χ0v) is 7.29. The van der Waals surface area contributed by atoms with Gasteiger partial charge in [-0.1, -0.05) is 6.07 Å². The standard InChI is InChI=1S/C8H11NOS/c1-10-6-8(11)7-4-2-3-5-9-7/h2-5,8,11H,6H2,1H3. The maximum absolute atomic E-state index is 4.94. The lowest BCUT2D eigenvalue weighted by Crippen LogP contribution is -2.00. The summed E-state index contributed by atoms with van der Waals surface area (Å²) in [6, 6.07) is 5.77. The normalized spacial score (nSPS) is 12.9. The summed E-state index contributed by atoms with van der Waals surface area (Å²) in [5.74, 6) is 0. The van der Waals surface area contributed by atoms with Crippen molar-refractivity contribution in [2.24, 2.45) is 0 Å². The van der Waals surface area contributed by atoms with Crippen LogP contribution in [0.3, 0.4) is 0 Å². The summed E-state index contributed by atoms with van der Waals surface area (Å²) in [6.45, 7) is 0.597. The zero-order valence-electron chi connectivity index (χ0n) is 6.40. The van der Waals surface area contributed by atoms with Crippen LogP contribution in [0.4, 0.5) is 0 Å². The van der Waals surface area contributed by atoms with Crippen molar-refractivity contribution < 1.29 is 4.74 Å². The van der Waals surface area contributed by atoms with Crippen LogP contribution in [0.2, 0.25) is 0 Å². The van der Waals surface area contributed by atoms with Crippen LogP contribution in [0.15, 0.2) is 24.4 Å². The molecule has 0 spiro atoms. The molecule has 0 aliphatic heterocycles. The Morgan fingerprint density at radius 2 is 2.45 bits per heavy atom. The maximum Gasteiger partial charge on any atom is 0.0673 e. The van der Waals surface area contributed by atoms with Crippen molar-refractivity contribution in [3.8, 4) is 0 Å². The molecule has 0 radical (unpaired) electrons. The molecule has 0 aliphatic rings. The average molecular weight is 169 g/mol. The largest absolute Gasteiger partial charge is 0.383 e. The number of pyridine rings is 1. The first-order chi connectivity index (χ1) is 5.34. The van der Waals surface area contributed by atoms with E-state index in [1.165, 1.54) is 0 Å². The van der Waals surface area contributed by atoms with Crippen molar-refractivity contribution in [3.05, 3.63) is 30.1 Å². The molecule has 1 heterocycles. The molecular weight excluding hydrogens is 158 g/mol. The zero-order chi connectivity index (χ0) is 8.10. The molecule has 0 saturated heterocycles. The predicted molar refractivity (Wildman–Crippen MR) is 47.8 cm³/mol. The van der Waals surface area contributed by atoms with E-state index in [1.54, 1.807) is 13.3 Å². The first-order valence-electron chi connectivity index (χ1n) is 3.42. The molecule has 1 atom stereocenters. The average Bonchev–Trinajstić information content (AvgIpc) is 2.07. The van der Waals surface area contributed by atoms with Gasteiger partial charge in [0.2, 0.25) is 0 Å². The third-order valence-electron chi connectivity index (χ3n) is 1.35. The Kier molecular flexibility index (Phi) is 3.39. The van der Waals surface area contributed by atoms with Gasteiger partial charge in [-0.3, -0.25) is 4.98 Å². The Balaban J connectivity index is 2.61. The third kappa shape index (κ3) is 2.52. The fourth-order valence-electron chi connectivity index (χ4n) is 0.816. The number of hydrogen-bond acceptors (Lipinski definition) is 3. The summed E-state index contributed by atoms with van der Waals surface area (Å²) < 4.78 is 4.94. The molecule has 0 N–H and O–H groups in total. The monoisotopic (exact) mass is 169 g/mol. The van der Waals surface area contributed by atoms with E-state index in [0.29, 0.717) is 6.61 Å². The Bertz CT molecular complexity index is 203. The Hall–Kier alpha value is -0.540. The molecule has 0 amide bonds. The van der Waals surface area contributed by atoms with Crippen molar-refractivity contribution in [2.45, 2.75) is 5.25 Å². The van der Waals surface area contributed by atoms with Crippen LogP contribution in [0, 0.1) is 0 Å². The number of ether oxygens (including phenoxy) is 1. The minimum Gasteiger partial charge on any atom is -0.383 e. The molecule has 11 heavy (non-hydrogen) atoms. The van der Waals surface area contributed by atoms with Gasteiger partial charge in [-0.05, 0) is 12.1 Å². The molecular formula is C8H11NOS. The van der Waals surface area contributed by atoms with Gasteiger partial charge in [0.05, 0.1) is 17.6 Å². The van der Waals surface area contributed by atoms with Gasteiger partial charge in [0.25, 0.3) is 0 Å². The topological polar surface area (TPSA) is 22.1 Å². The Morgan fingerprint density at radius 3 is 3.00 bits per heavy atom. The minimum absolute atomic E-state index is 0.0844. The first kappa shape index (κ1) is 8.56. The van der Waals surface area contributed by atoms with Crippen LogP contribution in [0.5, 0.6) is 0 Å². The van der Waals surface area contributed by atoms with Gasteiger partial charge < -0.3 is 4.74 Å². The summed E-state index contributed by atoms with van der Waals surface area (Å²) in [5.41, 5.74) is 0.956. The SMILES string of the molecule is COCC(S)c1ccccn1. The van der Waals surface area contributed by atoms with Crippen LogP contribution in [-0.4, -0.2) is 18.7 Å². The van der Waals surface area contributed by atoms with Gasteiger partial charge in [-0.2, -0.15) is 12.6 Å². The highest BCUT2D eigenvalue weighted by atomic mass is 32.1. The van der Waals surface area contributed by atoms with Gasteiger partial charge in [-0.15, -0.1) is 0 Å². The molecule has 0 bridgehead atoms. The quantitative estimate of drug-likeness (QED) is 0.696. The van der Waals surface area contributed by atoms with E-state index in [4.69, 9.17) is 4.74 Å². The van der Waals surface area contributed by atoms with E-state index in [1.807, 2.05) is 18.2 Å². The van der Waals surface area contributed by atoms with Crippen LogP contribution < -0.4 is 0 Å². The number of rotatable bonds is 3. The van der Waals surface area contributed by atoms with Gasteiger partial charge in [0.15, 0.2) is 0 Å². The van der Waals surface area contributed by atoms with Gasteiger partial charge in [0, 0.05) is 13.3 Å². The molecule has 0 fully saturated rings. The van der Waals surface area contributed by atoms with Crippen molar-refractivity contribution in [1.29, 1.82) is 0 Å². The van der Waals surface area contributed by atoms with Crippen LogP contribution >= 0.6 is 12.6 Å². The lowest BCUT2D eigenvalue weighted by atomic mass is 10.3. The van der Waals surface area contributed by atoms with Crippen LogP contribution in [-0.2, 0) is 4.74 Å². The number of nitrogens with zero attached hydrogens (tertiary/aromatic N) is 1. The van der Waals surface area contributed by atoms with Crippen LogP contribution in [0.25, 0.3) is 0 Å². The summed E-state index contributed by atoms with van der Waals surface area (Å²) in [4.78, 5) is 4.14. The molecule has 1 unspecified atom stereocenters. The second-order valence-corrected chi connectivity index (χ2v) is 2.85. The van der Waals surface area contributed by atoms with E-state index in [9.17, 15) is 0 Å². The molecule has 0 aliphatic carbocycles. The van der Waals surface area contributed by atoms with Gasteiger partial charge in [-0.25, -0.2) is 0 Å². The van der Waals surface area contributed by atoms with Crippen molar-refractivity contribution in [2.75, 3.05) is 13.7 Å². The first-order valence-corrected chi connectivity index (χ1v) is 3.94. The maximum atomic E-state index is 4.94. The fourth-order valence-corrected chi connectivity index (χ4v) is 1.12. The summed E-state index contributed by atoms with van der Waals surface area (Å²) in [5, 5.41) is 0.0844. The lowest BCUT2D eigenvalue weighted by Gasteiger charge is -2.07. The smallest absolute Gasteiger partial charge is 0.0673 e. The van der Waals surface area contributed by atoms with Gasteiger partial charge in [0.1, 0.15) is 0 Å². The highest BCUT2D eigenvalue weighted by Gasteiger charge is 2.04. The van der Waals surface area contributed by atoms with E-state index >= 15 is 0 Å². The van der Waals surface area contributed by atoms with E-state index in [2.05, 4.69) is 17.6 Å². The van der Waals surface area contributed by atoms with E-state index < -0.39 is 0 Å². The molecule has 0 aromatic carbocycles. The second-order valence-electron chi connectivity index (χ2n) is 2.23. The molecule has 2 nitrogen and oxygen atoms in total. The van der Waals surface area contributed by atoms with E-state index in [0.717, 1.165) is 5.69 Å². The van der Waals surface area contributed by atoms with Crippen LogP contribution in [0.1, 0.15) is 10.9 Å². The van der Waals surface area contributed by atoms with Gasteiger partial charge >= 0.3 is 0 Å². The molecule has 0 saturated carbocycles. The predicted octanol–water partition coefficient (Wildman–Crippen LogP) is 1.70. The van der Waals surface area contributed by atoms with Crippen molar-refractivity contribution in [1.82, 2.24) is 4.98 Å². The lowest BCUT2D eigenvalue weighted by molar-refractivity contribution is 0.199. The Labute approximate surface area is 72.0 Å². The minimum atomic E-state index is 0.0844.